The second-order valence-corrected chi connectivity index (χ2v) is 8.04. The van der Waals surface area contributed by atoms with E-state index in [1.165, 1.54) is 4.31 Å². The Kier molecular flexibility index (Phi) is 6.51. The molecule has 0 saturated carbocycles. The van der Waals surface area contributed by atoms with E-state index in [0.717, 1.165) is 0 Å². The summed E-state index contributed by atoms with van der Waals surface area (Å²) in [4.78, 5) is 12.2. The SMILES string of the molecule is CCN(c1ccc(OCC(=O)Nc2ccccc2)cc1)S(=O)(=O)c1ccccc1. The summed E-state index contributed by atoms with van der Waals surface area (Å²) < 4.78 is 32.6. The maximum absolute atomic E-state index is 12.9. The zero-order valence-electron chi connectivity index (χ0n) is 16.0. The van der Waals surface area contributed by atoms with Crippen molar-refractivity contribution in [1.82, 2.24) is 0 Å². The lowest BCUT2D eigenvalue weighted by molar-refractivity contribution is -0.118. The molecular weight excluding hydrogens is 388 g/mol. The van der Waals surface area contributed by atoms with E-state index in [4.69, 9.17) is 4.74 Å². The third-order valence-electron chi connectivity index (χ3n) is 4.17. The number of anilines is 2. The Labute approximate surface area is 170 Å². The second-order valence-electron chi connectivity index (χ2n) is 6.18. The van der Waals surface area contributed by atoms with Crippen LogP contribution in [0.3, 0.4) is 0 Å². The van der Waals surface area contributed by atoms with Crippen molar-refractivity contribution in [1.29, 1.82) is 0 Å². The Balaban J connectivity index is 1.65. The van der Waals surface area contributed by atoms with E-state index < -0.39 is 10.0 Å². The Hall–Kier alpha value is -3.32. The molecule has 6 nitrogen and oxygen atoms in total. The lowest BCUT2D eigenvalue weighted by Crippen LogP contribution is -2.30. The fourth-order valence-corrected chi connectivity index (χ4v) is 4.28. The van der Waals surface area contributed by atoms with Crippen molar-refractivity contribution in [3.05, 3.63) is 84.9 Å². The summed E-state index contributed by atoms with van der Waals surface area (Å²) in [7, 11) is -3.65. The van der Waals surface area contributed by atoms with E-state index in [-0.39, 0.29) is 24.0 Å². The molecule has 0 radical (unpaired) electrons. The minimum Gasteiger partial charge on any atom is -0.484 e. The van der Waals surface area contributed by atoms with Crippen LogP contribution in [0.5, 0.6) is 5.75 Å². The fourth-order valence-electron chi connectivity index (χ4n) is 2.79. The van der Waals surface area contributed by atoms with Crippen LogP contribution in [0.1, 0.15) is 6.92 Å². The highest BCUT2D eigenvalue weighted by Crippen LogP contribution is 2.25. The molecule has 0 spiro atoms. The molecule has 3 rings (SSSR count). The van der Waals surface area contributed by atoms with Gasteiger partial charge < -0.3 is 10.1 Å². The molecular formula is C22H22N2O4S. The fraction of sp³-hybridized carbons (Fsp3) is 0.136. The number of carbonyl (C=O) groups excluding carboxylic acids is 1. The van der Waals surface area contributed by atoms with Crippen LogP contribution < -0.4 is 14.4 Å². The largest absolute Gasteiger partial charge is 0.484 e. The highest BCUT2D eigenvalue weighted by atomic mass is 32.2. The maximum Gasteiger partial charge on any atom is 0.264 e. The summed E-state index contributed by atoms with van der Waals surface area (Å²) in [5.74, 6) is 0.201. The molecule has 29 heavy (non-hydrogen) atoms. The number of nitrogens with zero attached hydrogens (tertiary/aromatic N) is 1. The molecule has 0 aliphatic heterocycles. The third-order valence-corrected chi connectivity index (χ3v) is 6.09. The van der Waals surface area contributed by atoms with Gasteiger partial charge in [-0.05, 0) is 55.5 Å². The van der Waals surface area contributed by atoms with Crippen molar-refractivity contribution in [2.75, 3.05) is 22.8 Å². The normalized spacial score (nSPS) is 10.9. The van der Waals surface area contributed by atoms with Crippen LogP contribution in [0.2, 0.25) is 0 Å². The van der Waals surface area contributed by atoms with Gasteiger partial charge in [-0.1, -0.05) is 36.4 Å². The standard InChI is InChI=1S/C22H22N2O4S/c1-2-24(29(26,27)21-11-7-4-8-12-21)19-13-15-20(16-14-19)28-17-22(25)23-18-9-5-3-6-10-18/h3-16H,2,17H2,1H3,(H,23,25). The van der Waals surface area contributed by atoms with E-state index in [1.54, 1.807) is 73.7 Å². The van der Waals surface area contributed by atoms with Crippen molar-refractivity contribution in [2.45, 2.75) is 11.8 Å². The average molecular weight is 410 g/mol. The minimum atomic E-state index is -3.65. The Morgan fingerprint density at radius 1 is 0.897 bits per heavy atom. The molecule has 0 bridgehead atoms. The summed E-state index contributed by atoms with van der Waals surface area (Å²) in [6, 6.07) is 24.0. The third kappa shape index (κ3) is 5.14. The number of nitrogens with one attached hydrogen (secondary N) is 1. The van der Waals surface area contributed by atoms with E-state index >= 15 is 0 Å². The van der Waals surface area contributed by atoms with E-state index in [1.807, 2.05) is 18.2 Å². The number of benzene rings is 3. The van der Waals surface area contributed by atoms with E-state index in [9.17, 15) is 13.2 Å². The lowest BCUT2D eigenvalue weighted by atomic mass is 10.3. The smallest absolute Gasteiger partial charge is 0.264 e. The van der Waals surface area contributed by atoms with Gasteiger partial charge in [0.25, 0.3) is 15.9 Å². The lowest BCUT2D eigenvalue weighted by Gasteiger charge is -2.23. The summed E-state index contributed by atoms with van der Waals surface area (Å²) >= 11 is 0. The van der Waals surface area contributed by atoms with E-state index in [0.29, 0.717) is 17.1 Å². The van der Waals surface area contributed by atoms with Crippen molar-refractivity contribution >= 4 is 27.3 Å². The van der Waals surface area contributed by atoms with Crippen LogP contribution in [0.4, 0.5) is 11.4 Å². The molecule has 0 aliphatic carbocycles. The van der Waals surface area contributed by atoms with Gasteiger partial charge in [0, 0.05) is 12.2 Å². The van der Waals surface area contributed by atoms with Gasteiger partial charge in [-0.25, -0.2) is 8.42 Å². The number of amides is 1. The molecule has 150 valence electrons. The first kappa shape index (κ1) is 20.4. The zero-order valence-corrected chi connectivity index (χ0v) is 16.8. The zero-order chi connectivity index (χ0) is 20.7. The minimum absolute atomic E-state index is 0.145. The van der Waals surface area contributed by atoms with Crippen molar-refractivity contribution in [2.24, 2.45) is 0 Å². The van der Waals surface area contributed by atoms with E-state index in [2.05, 4.69) is 5.32 Å². The molecule has 7 heteroatoms. The molecule has 0 unspecified atom stereocenters. The summed E-state index contributed by atoms with van der Waals surface area (Å²) in [5.41, 5.74) is 1.22. The predicted octanol–water partition coefficient (Wildman–Crippen LogP) is 3.92. The van der Waals surface area contributed by atoms with Crippen molar-refractivity contribution in [3.8, 4) is 5.75 Å². The van der Waals surface area contributed by atoms with Gasteiger partial charge in [-0.2, -0.15) is 0 Å². The first-order valence-corrected chi connectivity index (χ1v) is 10.6. The van der Waals surface area contributed by atoms with Gasteiger partial charge in [-0.15, -0.1) is 0 Å². The van der Waals surface area contributed by atoms with Gasteiger partial charge in [-0.3, -0.25) is 9.10 Å². The Morgan fingerprint density at radius 2 is 1.48 bits per heavy atom. The molecule has 0 saturated heterocycles. The van der Waals surface area contributed by atoms with Crippen LogP contribution in [0, 0.1) is 0 Å². The molecule has 1 N–H and O–H groups in total. The van der Waals surface area contributed by atoms with Gasteiger partial charge in [0.2, 0.25) is 0 Å². The summed E-state index contributed by atoms with van der Waals surface area (Å²) in [6.07, 6.45) is 0. The van der Waals surface area contributed by atoms with Crippen LogP contribution in [0.25, 0.3) is 0 Å². The van der Waals surface area contributed by atoms with Gasteiger partial charge in [0.1, 0.15) is 5.75 Å². The summed E-state index contributed by atoms with van der Waals surface area (Å²) in [5, 5.41) is 2.74. The predicted molar refractivity (Wildman–Crippen MR) is 114 cm³/mol. The highest BCUT2D eigenvalue weighted by Gasteiger charge is 2.23. The van der Waals surface area contributed by atoms with Gasteiger partial charge >= 0.3 is 0 Å². The van der Waals surface area contributed by atoms with Gasteiger partial charge in [0.15, 0.2) is 6.61 Å². The van der Waals surface area contributed by atoms with Crippen LogP contribution in [-0.4, -0.2) is 27.5 Å². The molecule has 0 heterocycles. The molecule has 0 aliphatic rings. The molecule has 3 aromatic rings. The number of hydrogen-bond acceptors (Lipinski definition) is 4. The maximum atomic E-state index is 12.9. The number of para-hydroxylation sites is 1. The summed E-state index contributed by atoms with van der Waals surface area (Å²) in [6.45, 7) is 1.92. The number of ether oxygens (including phenoxy) is 1. The molecule has 0 aromatic heterocycles. The topological polar surface area (TPSA) is 75.7 Å². The monoisotopic (exact) mass is 410 g/mol. The number of rotatable bonds is 8. The second kappa shape index (κ2) is 9.25. The quantitative estimate of drug-likeness (QED) is 0.611. The Morgan fingerprint density at radius 3 is 2.07 bits per heavy atom. The molecule has 0 fully saturated rings. The van der Waals surface area contributed by atoms with Crippen molar-refractivity contribution < 1.29 is 17.9 Å². The van der Waals surface area contributed by atoms with Gasteiger partial charge in [0.05, 0.1) is 10.6 Å². The Bertz CT molecular complexity index is 1040. The number of carbonyl (C=O) groups is 1. The number of hydrogen-bond donors (Lipinski definition) is 1. The first-order chi connectivity index (χ1) is 14.0. The van der Waals surface area contributed by atoms with Crippen molar-refractivity contribution in [3.63, 3.8) is 0 Å². The average Bonchev–Trinajstić information content (AvgIpc) is 2.75. The first-order valence-electron chi connectivity index (χ1n) is 9.16. The van der Waals surface area contributed by atoms with Crippen LogP contribution in [-0.2, 0) is 14.8 Å². The van der Waals surface area contributed by atoms with Crippen LogP contribution in [0.15, 0.2) is 89.8 Å². The number of sulfonamides is 1. The molecule has 1 amide bonds. The molecule has 0 atom stereocenters. The molecule has 3 aromatic carbocycles. The van der Waals surface area contributed by atoms with Crippen LogP contribution >= 0.6 is 0 Å². The highest BCUT2D eigenvalue weighted by molar-refractivity contribution is 7.92.